The molecule has 1 aliphatic heterocycles. The summed E-state index contributed by atoms with van der Waals surface area (Å²) < 4.78 is 41.0. The lowest BCUT2D eigenvalue weighted by molar-refractivity contribution is 0.0913. The van der Waals surface area contributed by atoms with E-state index < -0.39 is 11.1 Å². The van der Waals surface area contributed by atoms with Crippen molar-refractivity contribution >= 4 is 17.0 Å². The van der Waals surface area contributed by atoms with Crippen LogP contribution in [-0.4, -0.2) is 44.6 Å². The average molecular weight is 600 g/mol. The van der Waals surface area contributed by atoms with Gasteiger partial charge >= 0.3 is 0 Å². The fourth-order valence-electron chi connectivity index (χ4n) is 4.89. The van der Waals surface area contributed by atoms with E-state index in [-0.39, 0.29) is 31.0 Å². The molecule has 4 aromatic carbocycles. The summed E-state index contributed by atoms with van der Waals surface area (Å²) in [5, 5.41) is 3.12. The summed E-state index contributed by atoms with van der Waals surface area (Å²) in [7, 11) is 0. The van der Waals surface area contributed by atoms with Gasteiger partial charge in [0.05, 0.1) is 5.88 Å². The van der Waals surface area contributed by atoms with Crippen molar-refractivity contribution in [2.75, 3.05) is 19.0 Å². The number of ether oxygens (including phenoxy) is 3. The van der Waals surface area contributed by atoms with Gasteiger partial charge in [-0.05, 0) is 52.7 Å². The van der Waals surface area contributed by atoms with Crippen molar-refractivity contribution in [3.05, 3.63) is 125 Å². The third-order valence-electron chi connectivity index (χ3n) is 7.19. The molecule has 1 amide bonds. The summed E-state index contributed by atoms with van der Waals surface area (Å²) in [6.07, 6.45) is 1.33. The van der Waals surface area contributed by atoms with Crippen LogP contribution in [0.2, 0.25) is 0 Å². The molecule has 0 aromatic heterocycles. The number of nitrogens with one attached hydrogen (secondary N) is 1. The van der Waals surface area contributed by atoms with Crippen LogP contribution in [0.15, 0.2) is 103 Å². The average Bonchev–Trinajstić information content (AvgIpc) is 3.04. The predicted molar refractivity (Wildman–Crippen MR) is 165 cm³/mol. The highest BCUT2D eigenvalue weighted by Gasteiger charge is 2.24. The van der Waals surface area contributed by atoms with Crippen molar-refractivity contribution < 1.29 is 27.8 Å². The summed E-state index contributed by atoms with van der Waals surface area (Å²) in [6, 6.07) is 32.7. The van der Waals surface area contributed by atoms with E-state index in [0.717, 1.165) is 16.7 Å². The van der Waals surface area contributed by atoms with Crippen LogP contribution in [0.25, 0.3) is 0 Å². The molecule has 1 N–H and O–H groups in total. The second-order valence-corrected chi connectivity index (χ2v) is 11.3. The van der Waals surface area contributed by atoms with Crippen molar-refractivity contribution in [3.63, 3.8) is 0 Å². The Labute approximate surface area is 254 Å². The Balaban J connectivity index is 1.41. The number of hydrogen-bond donors (Lipinski definition) is 1. The quantitative estimate of drug-likeness (QED) is 0.204. The molecule has 0 radical (unpaired) electrons. The van der Waals surface area contributed by atoms with Crippen LogP contribution >= 0.6 is 0 Å². The first-order valence-corrected chi connectivity index (χ1v) is 15.5. The molecule has 1 saturated heterocycles. The van der Waals surface area contributed by atoms with Gasteiger partial charge < -0.3 is 24.1 Å². The minimum Gasteiger partial charge on any atom is -0.771 e. The molecule has 0 spiro atoms. The van der Waals surface area contributed by atoms with Crippen molar-refractivity contribution in [1.82, 2.24) is 10.2 Å². The lowest BCUT2D eigenvalue weighted by Crippen LogP contribution is -2.45. The van der Waals surface area contributed by atoms with Gasteiger partial charge in [0.1, 0.15) is 19.8 Å². The highest BCUT2D eigenvalue weighted by Crippen LogP contribution is 2.40. The van der Waals surface area contributed by atoms with Crippen molar-refractivity contribution in [2.24, 2.45) is 0 Å². The Hall–Kier alpha value is -4.18. The van der Waals surface area contributed by atoms with Crippen LogP contribution < -0.4 is 19.5 Å². The lowest BCUT2D eigenvalue weighted by Gasteiger charge is -2.32. The van der Waals surface area contributed by atoms with E-state index in [9.17, 15) is 13.6 Å². The number of piperidine rings is 1. The number of carbonyl (C=O) groups is 1. The molecule has 1 heterocycles. The molecule has 1 fully saturated rings. The van der Waals surface area contributed by atoms with Crippen molar-refractivity contribution in [3.8, 4) is 17.2 Å². The molecule has 4 aromatic rings. The molecule has 43 heavy (non-hydrogen) atoms. The number of hydrogen-bond acceptors (Lipinski definition) is 7. The minimum atomic E-state index is -2.12. The first kappa shape index (κ1) is 30.3. The normalized spacial score (nSPS) is 14.5. The van der Waals surface area contributed by atoms with E-state index in [1.165, 1.54) is 0 Å². The fraction of sp³-hybridized carbons (Fsp3) is 0.265. The zero-order valence-electron chi connectivity index (χ0n) is 23.9. The topological polar surface area (TPSA) is 100 Å². The van der Waals surface area contributed by atoms with Gasteiger partial charge in [-0.1, -0.05) is 91.0 Å². The molecule has 224 valence electrons. The van der Waals surface area contributed by atoms with Gasteiger partial charge in [0.2, 0.25) is 5.75 Å². The number of benzene rings is 4. The highest BCUT2D eigenvalue weighted by atomic mass is 32.2. The van der Waals surface area contributed by atoms with Crippen LogP contribution in [0, 0.1) is 0 Å². The van der Waals surface area contributed by atoms with E-state index in [0.29, 0.717) is 55.4 Å². The SMILES string of the molecule is O=C(NC1CCN(CS(=O)[O-])CC1)c1cc(OCc2ccccc2)c(OCc2ccccc2)c(OCc2ccccc2)c1. The van der Waals surface area contributed by atoms with Crippen LogP contribution in [-0.2, 0) is 30.9 Å². The van der Waals surface area contributed by atoms with Gasteiger partial charge in [0.25, 0.3) is 5.91 Å². The Morgan fingerprint density at radius 1 is 0.744 bits per heavy atom. The Morgan fingerprint density at radius 2 is 1.19 bits per heavy atom. The molecular weight excluding hydrogens is 564 g/mol. The van der Waals surface area contributed by atoms with E-state index in [1.807, 2.05) is 95.9 Å². The summed E-state index contributed by atoms with van der Waals surface area (Å²) >= 11 is -2.12. The monoisotopic (exact) mass is 599 g/mol. The number of nitrogens with zero attached hydrogens (tertiary/aromatic N) is 1. The van der Waals surface area contributed by atoms with Crippen LogP contribution in [0.5, 0.6) is 17.2 Å². The predicted octanol–water partition coefficient (Wildman–Crippen LogP) is 5.45. The molecule has 0 aliphatic carbocycles. The maximum atomic E-state index is 13.5. The van der Waals surface area contributed by atoms with Gasteiger partial charge in [-0.15, -0.1) is 0 Å². The largest absolute Gasteiger partial charge is 0.771 e. The first-order valence-electron chi connectivity index (χ1n) is 14.3. The van der Waals surface area contributed by atoms with Crippen LogP contribution in [0.4, 0.5) is 0 Å². The molecule has 5 rings (SSSR count). The van der Waals surface area contributed by atoms with E-state index in [2.05, 4.69) is 5.32 Å². The Kier molecular flexibility index (Phi) is 10.8. The lowest BCUT2D eigenvalue weighted by atomic mass is 10.0. The third-order valence-corrected chi connectivity index (χ3v) is 7.77. The van der Waals surface area contributed by atoms with Gasteiger partial charge in [0.15, 0.2) is 11.5 Å². The molecule has 1 atom stereocenters. The standard InChI is InChI=1S/C34H36N2O6S/c37-34(35-30-16-18-36(19-17-30)25-43(38)39)29-20-31(40-22-26-10-4-1-5-11-26)33(42-24-28-14-8-3-9-15-28)32(21-29)41-23-27-12-6-2-7-13-27/h1-15,20-21,30H,16-19,22-25H2,(H,35,37)(H,38,39)/p-1. The summed E-state index contributed by atoms with van der Waals surface area (Å²) in [6.45, 7) is 2.06. The minimum absolute atomic E-state index is 0.00926. The van der Waals surface area contributed by atoms with Crippen molar-refractivity contribution in [1.29, 1.82) is 0 Å². The number of rotatable bonds is 13. The van der Waals surface area contributed by atoms with Gasteiger partial charge in [-0.2, -0.15) is 0 Å². The maximum absolute atomic E-state index is 13.5. The van der Waals surface area contributed by atoms with Crippen LogP contribution in [0.1, 0.15) is 39.9 Å². The maximum Gasteiger partial charge on any atom is 0.251 e. The zero-order chi connectivity index (χ0) is 29.9. The molecule has 0 bridgehead atoms. The summed E-state index contributed by atoms with van der Waals surface area (Å²) in [5.74, 6) is 0.988. The van der Waals surface area contributed by atoms with E-state index in [1.54, 1.807) is 12.1 Å². The van der Waals surface area contributed by atoms with E-state index in [4.69, 9.17) is 14.2 Å². The first-order chi connectivity index (χ1) is 21.0. The molecule has 8 nitrogen and oxygen atoms in total. The van der Waals surface area contributed by atoms with Crippen molar-refractivity contribution in [2.45, 2.75) is 38.7 Å². The molecule has 1 aliphatic rings. The number of carbonyl (C=O) groups excluding carboxylic acids is 1. The number of amides is 1. The highest BCUT2D eigenvalue weighted by molar-refractivity contribution is 7.79. The third kappa shape index (κ3) is 9.15. The fourth-order valence-corrected chi connectivity index (χ4v) is 5.45. The summed E-state index contributed by atoms with van der Waals surface area (Å²) in [4.78, 5) is 15.4. The molecule has 0 saturated carbocycles. The second-order valence-electron chi connectivity index (χ2n) is 10.4. The van der Waals surface area contributed by atoms with Gasteiger partial charge in [-0.25, -0.2) is 0 Å². The van der Waals surface area contributed by atoms with Gasteiger partial charge in [0, 0.05) is 24.7 Å². The molecular formula is C34H35N2O6S-. The molecule has 9 heteroatoms. The van der Waals surface area contributed by atoms with Crippen LogP contribution in [0.3, 0.4) is 0 Å². The zero-order valence-corrected chi connectivity index (χ0v) is 24.7. The Morgan fingerprint density at radius 3 is 1.63 bits per heavy atom. The smallest absolute Gasteiger partial charge is 0.251 e. The van der Waals surface area contributed by atoms with E-state index >= 15 is 0 Å². The Bertz CT molecular complexity index is 1410. The second kappa shape index (κ2) is 15.3. The van der Waals surface area contributed by atoms with Gasteiger partial charge in [-0.3, -0.25) is 13.9 Å². The number of likely N-dealkylation sites (tertiary alicyclic amines) is 1. The molecule has 1 unspecified atom stereocenters. The summed E-state index contributed by atoms with van der Waals surface area (Å²) in [5.41, 5.74) is 3.33.